The van der Waals surface area contributed by atoms with Crippen molar-refractivity contribution in [3.8, 4) is 0 Å². The topological polar surface area (TPSA) is 21.3 Å². The molecule has 17 heavy (non-hydrogen) atoms. The van der Waals surface area contributed by atoms with Crippen LogP contribution in [0.2, 0.25) is 0 Å². The molecule has 0 aromatic rings. The summed E-state index contributed by atoms with van der Waals surface area (Å²) in [6, 6.07) is 0.505. The third-order valence-corrected chi connectivity index (χ3v) is 4.55. The van der Waals surface area contributed by atoms with Gasteiger partial charge >= 0.3 is 0 Å². The first-order chi connectivity index (χ1) is 8.20. The zero-order chi connectivity index (χ0) is 12.7. The van der Waals surface area contributed by atoms with Crippen molar-refractivity contribution in [2.45, 2.75) is 76.9 Å². The molecule has 2 nitrogen and oxygen atoms in total. The number of hydrogen-bond donors (Lipinski definition) is 1. The van der Waals surface area contributed by atoms with E-state index in [1.165, 1.54) is 51.4 Å². The Kier molecular flexibility index (Phi) is 6.50. The molecule has 1 rings (SSSR count). The summed E-state index contributed by atoms with van der Waals surface area (Å²) in [5.74, 6) is 0.697. The van der Waals surface area contributed by atoms with Gasteiger partial charge in [0.15, 0.2) is 0 Å². The van der Waals surface area contributed by atoms with Crippen molar-refractivity contribution in [1.82, 2.24) is 5.32 Å². The molecule has 2 atom stereocenters. The van der Waals surface area contributed by atoms with E-state index in [1.54, 1.807) is 0 Å². The molecule has 0 heterocycles. The first-order valence-corrected chi connectivity index (χ1v) is 7.42. The van der Waals surface area contributed by atoms with Crippen molar-refractivity contribution >= 4 is 0 Å². The molecule has 102 valence electrons. The third-order valence-electron chi connectivity index (χ3n) is 4.55. The van der Waals surface area contributed by atoms with E-state index in [1.807, 2.05) is 7.11 Å². The fraction of sp³-hybridized carbons (Fsp3) is 1.00. The second-order valence-electron chi connectivity index (χ2n) is 5.72. The zero-order valence-corrected chi connectivity index (χ0v) is 12.2. The summed E-state index contributed by atoms with van der Waals surface area (Å²) in [4.78, 5) is 0. The molecule has 0 saturated heterocycles. The van der Waals surface area contributed by atoms with Gasteiger partial charge in [-0.2, -0.15) is 0 Å². The molecule has 1 N–H and O–H groups in total. The molecule has 0 aromatic heterocycles. The lowest BCUT2D eigenvalue weighted by molar-refractivity contribution is -0.0651. The molecular weight excluding hydrogens is 210 g/mol. The molecule has 0 radical (unpaired) electrons. The van der Waals surface area contributed by atoms with Gasteiger partial charge in [-0.15, -0.1) is 0 Å². The first-order valence-electron chi connectivity index (χ1n) is 7.42. The van der Waals surface area contributed by atoms with E-state index in [2.05, 4.69) is 26.2 Å². The van der Waals surface area contributed by atoms with Crippen LogP contribution in [0.1, 0.15) is 65.2 Å². The van der Waals surface area contributed by atoms with Crippen LogP contribution in [0.25, 0.3) is 0 Å². The third kappa shape index (κ3) is 3.69. The number of methoxy groups -OCH3 is 1. The maximum atomic E-state index is 6.02. The van der Waals surface area contributed by atoms with Crippen molar-refractivity contribution in [3.05, 3.63) is 0 Å². The molecule has 0 aromatic carbocycles. The van der Waals surface area contributed by atoms with Gasteiger partial charge in [0.1, 0.15) is 0 Å². The highest BCUT2D eigenvalue weighted by Gasteiger charge is 2.40. The van der Waals surface area contributed by atoms with Gasteiger partial charge in [-0.1, -0.05) is 46.0 Å². The molecule has 1 fully saturated rings. The molecule has 1 aliphatic carbocycles. The number of hydrogen-bond acceptors (Lipinski definition) is 2. The number of ether oxygens (including phenoxy) is 1. The van der Waals surface area contributed by atoms with Crippen molar-refractivity contribution in [2.75, 3.05) is 14.2 Å². The highest BCUT2D eigenvalue weighted by atomic mass is 16.5. The van der Waals surface area contributed by atoms with Crippen LogP contribution in [-0.2, 0) is 4.74 Å². The Morgan fingerprint density at radius 1 is 1.18 bits per heavy atom. The van der Waals surface area contributed by atoms with Crippen molar-refractivity contribution < 1.29 is 4.74 Å². The molecule has 0 aliphatic heterocycles. The molecule has 1 aliphatic rings. The van der Waals surface area contributed by atoms with Gasteiger partial charge in [-0.05, 0) is 32.2 Å². The molecule has 1 saturated carbocycles. The Labute approximate surface area is 108 Å². The van der Waals surface area contributed by atoms with Crippen molar-refractivity contribution in [1.29, 1.82) is 0 Å². The van der Waals surface area contributed by atoms with Gasteiger partial charge in [-0.3, -0.25) is 0 Å². The minimum Gasteiger partial charge on any atom is -0.377 e. The number of likely N-dealkylation sites (N-methyl/N-ethyl adjacent to an activating group) is 1. The largest absolute Gasteiger partial charge is 0.377 e. The van der Waals surface area contributed by atoms with E-state index in [9.17, 15) is 0 Å². The highest BCUT2D eigenvalue weighted by Crippen LogP contribution is 2.36. The highest BCUT2D eigenvalue weighted by molar-refractivity contribution is 4.96. The normalized spacial score (nSPS) is 24.0. The molecule has 0 spiro atoms. The predicted molar refractivity (Wildman–Crippen MR) is 74.4 cm³/mol. The SMILES string of the molecule is CCCC(C)C(NC)C1(OC)CCCCCC1. The molecule has 2 heteroatoms. The Morgan fingerprint density at radius 3 is 2.18 bits per heavy atom. The minimum absolute atomic E-state index is 0.0832. The maximum Gasteiger partial charge on any atom is 0.0833 e. The second kappa shape index (κ2) is 7.38. The van der Waals surface area contributed by atoms with Crippen LogP contribution in [-0.4, -0.2) is 25.8 Å². The minimum atomic E-state index is 0.0832. The summed E-state index contributed by atoms with van der Waals surface area (Å²) in [5, 5.41) is 3.55. The monoisotopic (exact) mass is 241 g/mol. The molecular formula is C15H31NO. The van der Waals surface area contributed by atoms with Gasteiger partial charge in [-0.25, -0.2) is 0 Å². The smallest absolute Gasteiger partial charge is 0.0833 e. The van der Waals surface area contributed by atoms with E-state index in [4.69, 9.17) is 4.74 Å². The summed E-state index contributed by atoms with van der Waals surface area (Å²) < 4.78 is 6.02. The van der Waals surface area contributed by atoms with Crippen LogP contribution >= 0.6 is 0 Å². The van der Waals surface area contributed by atoms with Crippen molar-refractivity contribution in [2.24, 2.45) is 5.92 Å². The molecule has 0 bridgehead atoms. The molecule has 2 unspecified atom stereocenters. The fourth-order valence-electron chi connectivity index (χ4n) is 3.66. The van der Waals surface area contributed by atoms with Crippen LogP contribution in [0.4, 0.5) is 0 Å². The Morgan fingerprint density at radius 2 is 1.76 bits per heavy atom. The second-order valence-corrected chi connectivity index (χ2v) is 5.72. The van der Waals surface area contributed by atoms with Gasteiger partial charge in [0.25, 0.3) is 0 Å². The van der Waals surface area contributed by atoms with E-state index < -0.39 is 0 Å². The van der Waals surface area contributed by atoms with E-state index >= 15 is 0 Å². The van der Waals surface area contributed by atoms with Gasteiger partial charge in [0.2, 0.25) is 0 Å². The predicted octanol–water partition coefficient (Wildman–Crippen LogP) is 3.75. The summed E-state index contributed by atoms with van der Waals surface area (Å²) in [6.07, 6.45) is 10.4. The van der Waals surface area contributed by atoms with E-state index in [-0.39, 0.29) is 5.60 Å². The van der Waals surface area contributed by atoms with E-state index in [0.717, 1.165) is 0 Å². The summed E-state index contributed by atoms with van der Waals surface area (Å²) >= 11 is 0. The summed E-state index contributed by atoms with van der Waals surface area (Å²) in [6.45, 7) is 4.64. The lowest BCUT2D eigenvalue weighted by Crippen LogP contribution is -2.54. The Balaban J connectivity index is 2.78. The van der Waals surface area contributed by atoms with Crippen LogP contribution in [0.3, 0.4) is 0 Å². The van der Waals surface area contributed by atoms with Crippen LogP contribution in [0, 0.1) is 5.92 Å². The Bertz CT molecular complexity index is 197. The first kappa shape index (κ1) is 15.0. The zero-order valence-electron chi connectivity index (χ0n) is 12.2. The van der Waals surface area contributed by atoms with Gasteiger partial charge in [0, 0.05) is 13.2 Å². The van der Waals surface area contributed by atoms with Crippen LogP contribution < -0.4 is 5.32 Å². The number of nitrogens with one attached hydrogen (secondary N) is 1. The summed E-state index contributed by atoms with van der Waals surface area (Å²) in [7, 11) is 4.01. The van der Waals surface area contributed by atoms with Crippen LogP contribution in [0.15, 0.2) is 0 Å². The quantitative estimate of drug-likeness (QED) is 0.715. The average Bonchev–Trinajstić information content (AvgIpc) is 2.57. The van der Waals surface area contributed by atoms with Crippen molar-refractivity contribution in [3.63, 3.8) is 0 Å². The molecule has 0 amide bonds. The van der Waals surface area contributed by atoms with Gasteiger partial charge < -0.3 is 10.1 Å². The summed E-state index contributed by atoms with van der Waals surface area (Å²) in [5.41, 5.74) is 0.0832. The van der Waals surface area contributed by atoms with Crippen LogP contribution in [0.5, 0.6) is 0 Å². The fourth-order valence-corrected chi connectivity index (χ4v) is 3.66. The maximum absolute atomic E-state index is 6.02. The lowest BCUT2D eigenvalue weighted by atomic mass is 9.78. The standard InChI is InChI=1S/C15H31NO/c1-5-10-13(2)14(16-3)15(17-4)11-8-6-7-9-12-15/h13-14,16H,5-12H2,1-4H3. The lowest BCUT2D eigenvalue weighted by Gasteiger charge is -2.42. The van der Waals surface area contributed by atoms with E-state index in [0.29, 0.717) is 12.0 Å². The Hall–Kier alpha value is -0.0800. The number of rotatable bonds is 6. The average molecular weight is 241 g/mol. The van der Waals surface area contributed by atoms with Gasteiger partial charge in [0.05, 0.1) is 5.60 Å².